The molecule has 3 heterocycles. The summed E-state index contributed by atoms with van der Waals surface area (Å²) in [7, 11) is 1.57. The number of nitrogens with zero attached hydrogens (tertiary/aromatic N) is 6. The van der Waals surface area contributed by atoms with Crippen LogP contribution in [-0.2, 0) is 16.4 Å². The number of pyridine rings is 1. The van der Waals surface area contributed by atoms with Crippen molar-refractivity contribution in [3.8, 4) is 34.6 Å². The molecule has 0 fully saturated rings. The molecule has 0 aliphatic heterocycles. The van der Waals surface area contributed by atoms with Crippen molar-refractivity contribution in [2.45, 2.75) is 25.5 Å². The van der Waals surface area contributed by atoms with Crippen molar-refractivity contribution in [2.24, 2.45) is 0 Å². The van der Waals surface area contributed by atoms with Gasteiger partial charge in [0.2, 0.25) is 21.9 Å². The fourth-order valence-corrected chi connectivity index (χ4v) is 4.63. The molecule has 4 aromatic rings. The summed E-state index contributed by atoms with van der Waals surface area (Å²) in [6, 6.07) is 10.3. The topological polar surface area (TPSA) is 163 Å². The molecule has 210 valence electrons. The Kier molecular flexibility index (Phi) is 9.73. The summed E-state index contributed by atoms with van der Waals surface area (Å²) in [4.78, 5) is 12.7. The number of para-hydroxylation sites is 1. The Morgan fingerprint density at radius 3 is 2.18 bits per heavy atom. The Bertz CT molecular complexity index is 1480. The van der Waals surface area contributed by atoms with Crippen molar-refractivity contribution < 1.29 is 29.2 Å². The highest BCUT2D eigenvalue weighted by Crippen LogP contribution is 2.37. The maximum absolute atomic E-state index is 13.4. The van der Waals surface area contributed by atoms with E-state index in [9.17, 15) is 8.42 Å². The van der Waals surface area contributed by atoms with Gasteiger partial charge < -0.3 is 19.3 Å². The van der Waals surface area contributed by atoms with Gasteiger partial charge in [-0.05, 0) is 44.0 Å². The van der Waals surface area contributed by atoms with E-state index in [4.69, 9.17) is 19.3 Å². The van der Waals surface area contributed by atoms with Crippen molar-refractivity contribution >= 4 is 16.0 Å². The van der Waals surface area contributed by atoms with E-state index in [-0.39, 0.29) is 19.6 Å². The van der Waals surface area contributed by atoms with E-state index >= 15 is 0 Å². The summed E-state index contributed by atoms with van der Waals surface area (Å²) in [6.07, 6.45) is 3.43. The van der Waals surface area contributed by atoms with E-state index in [1.807, 2.05) is 0 Å². The van der Waals surface area contributed by atoms with Gasteiger partial charge in [0.15, 0.2) is 5.82 Å². The summed E-state index contributed by atoms with van der Waals surface area (Å²) in [5.74, 6) is 1.97. The number of methoxy groups -OCH3 is 3. The lowest BCUT2D eigenvalue weighted by Crippen LogP contribution is -2.28. The third kappa shape index (κ3) is 6.59. The van der Waals surface area contributed by atoms with Crippen LogP contribution in [0, 0.1) is 6.92 Å². The fourth-order valence-electron chi connectivity index (χ4n) is 3.63. The number of aryl methyl sites for hydroxylation is 1. The van der Waals surface area contributed by atoms with E-state index in [1.54, 1.807) is 62.6 Å². The monoisotopic (exact) mass is 559 g/mol. The smallest absolute Gasteiger partial charge is 0.243 e. The van der Waals surface area contributed by atoms with E-state index < -0.39 is 15.3 Å². The highest BCUT2D eigenvalue weighted by molar-refractivity contribution is 7.93. The van der Waals surface area contributed by atoms with Crippen LogP contribution < -0.4 is 18.9 Å². The van der Waals surface area contributed by atoms with Crippen LogP contribution in [0.4, 0.5) is 5.95 Å². The first-order valence-corrected chi connectivity index (χ1v) is 13.2. The molecular weight excluding hydrogens is 526 g/mol. The Morgan fingerprint density at radius 2 is 1.59 bits per heavy atom. The molecule has 0 bridgehead atoms. The molecule has 0 aliphatic carbocycles. The number of benzene rings is 1. The molecule has 0 aliphatic rings. The quantitative estimate of drug-likeness (QED) is 0.294. The number of aliphatic hydroxyl groups is 1. The molecule has 39 heavy (non-hydrogen) atoms. The molecule has 0 saturated carbocycles. The number of rotatable bonds is 10. The highest BCUT2D eigenvalue weighted by Gasteiger charge is 2.28. The molecule has 0 unspecified atom stereocenters. The lowest BCUT2D eigenvalue weighted by atomic mass is 10.2. The summed E-state index contributed by atoms with van der Waals surface area (Å²) in [6.45, 7) is 3.36. The second-order valence-electron chi connectivity index (χ2n) is 8.06. The first kappa shape index (κ1) is 29.3. The minimum Gasteiger partial charge on any atom is -0.494 e. The average Bonchev–Trinajstić information content (AvgIpc) is 3.36. The van der Waals surface area contributed by atoms with Crippen LogP contribution in [0.2, 0.25) is 0 Å². The third-order valence-electron chi connectivity index (χ3n) is 5.57. The molecule has 0 radical (unpaired) electrons. The summed E-state index contributed by atoms with van der Waals surface area (Å²) in [5.41, 5.74) is 1.49. The zero-order valence-corrected chi connectivity index (χ0v) is 23.3. The molecule has 13 nitrogen and oxygen atoms in total. The molecule has 4 rings (SSSR count). The predicted molar refractivity (Wildman–Crippen MR) is 147 cm³/mol. The maximum Gasteiger partial charge on any atom is 0.243 e. The lowest BCUT2D eigenvalue weighted by Gasteiger charge is -2.19. The third-order valence-corrected chi connectivity index (χ3v) is 7.26. The number of nitrogens with one attached hydrogen (secondary N) is 1. The first-order valence-electron chi connectivity index (χ1n) is 11.7. The molecule has 2 N–H and O–H groups in total. The number of hydrogen-bond donors (Lipinski definition) is 2. The summed E-state index contributed by atoms with van der Waals surface area (Å²) < 4.78 is 47.3. The Balaban J connectivity index is 0.00000183. The molecule has 0 spiro atoms. The molecule has 0 saturated heterocycles. The average molecular weight is 560 g/mol. The second-order valence-corrected chi connectivity index (χ2v) is 10.2. The zero-order valence-electron chi connectivity index (χ0n) is 22.5. The minimum atomic E-state index is -3.93. The van der Waals surface area contributed by atoms with Crippen LogP contribution >= 0.6 is 0 Å². The van der Waals surface area contributed by atoms with Gasteiger partial charge in [-0.25, -0.2) is 23.4 Å². The second kappa shape index (κ2) is 13.0. The van der Waals surface area contributed by atoms with Crippen molar-refractivity contribution in [1.82, 2.24) is 29.7 Å². The standard InChI is InChI=1S/C24H27N7O5S.CH4O.H2/c1-15(12-17-13-25-16(2)26-14-17)37(32,33)30-24-29-28-23(18-8-6-11-21(27-18)36-5)31(24)22-19(34-3)9-7-10-20(22)35-4;1-2;/h6-11,13-15H,12H2,1-5H3,(H,29,30);2H,1H3;1H/t15-;;/m0../s1. The number of hydrogen-bond acceptors (Lipinski definition) is 11. The van der Waals surface area contributed by atoms with Crippen LogP contribution in [0.5, 0.6) is 17.4 Å². The zero-order chi connectivity index (χ0) is 28.6. The van der Waals surface area contributed by atoms with Crippen LogP contribution in [0.1, 0.15) is 19.7 Å². The van der Waals surface area contributed by atoms with Gasteiger partial charge in [0.25, 0.3) is 0 Å². The number of sulfonamides is 1. The molecule has 0 amide bonds. The lowest BCUT2D eigenvalue weighted by molar-refractivity contribution is 0.391. The van der Waals surface area contributed by atoms with Gasteiger partial charge in [-0.2, -0.15) is 0 Å². The van der Waals surface area contributed by atoms with Crippen LogP contribution in [0.3, 0.4) is 0 Å². The van der Waals surface area contributed by atoms with Crippen LogP contribution in [0.15, 0.2) is 48.8 Å². The number of aliphatic hydroxyl groups excluding tert-OH is 1. The minimum absolute atomic E-state index is 0. The van der Waals surface area contributed by atoms with Gasteiger partial charge in [0.05, 0.1) is 26.6 Å². The highest BCUT2D eigenvalue weighted by atomic mass is 32.2. The van der Waals surface area contributed by atoms with Crippen molar-refractivity contribution in [1.29, 1.82) is 0 Å². The number of ether oxygens (including phenoxy) is 3. The van der Waals surface area contributed by atoms with Crippen LogP contribution in [0.25, 0.3) is 17.2 Å². The van der Waals surface area contributed by atoms with Crippen molar-refractivity contribution in [2.75, 3.05) is 33.2 Å². The van der Waals surface area contributed by atoms with Crippen molar-refractivity contribution in [3.63, 3.8) is 0 Å². The van der Waals surface area contributed by atoms with Crippen LogP contribution in [-0.4, -0.2) is 76.9 Å². The SMILES string of the molecule is CO.COc1cccc(-c2nnc(NS(=O)(=O)[C@@H](C)Cc3cnc(C)nc3)n2-c2c(OC)cccc2OC)n1.[HH]. The predicted octanol–water partition coefficient (Wildman–Crippen LogP) is 2.68. The van der Waals surface area contributed by atoms with Gasteiger partial charge in [-0.3, -0.25) is 9.29 Å². The van der Waals surface area contributed by atoms with E-state index in [2.05, 4.69) is 29.9 Å². The molecule has 1 atom stereocenters. The van der Waals surface area contributed by atoms with Gasteiger partial charge in [-0.15, -0.1) is 10.2 Å². The molecular formula is C25H33N7O6S. The Hall–Kier alpha value is -4.30. The van der Waals surface area contributed by atoms with E-state index in [0.29, 0.717) is 40.1 Å². The fraction of sp³-hybridized carbons (Fsp3) is 0.320. The molecule has 3 aromatic heterocycles. The maximum atomic E-state index is 13.4. The normalized spacial score (nSPS) is 11.7. The first-order chi connectivity index (χ1) is 18.8. The number of anilines is 1. The van der Waals surface area contributed by atoms with Gasteiger partial charge in [0.1, 0.15) is 28.7 Å². The van der Waals surface area contributed by atoms with Gasteiger partial charge in [0, 0.05) is 27.0 Å². The summed E-state index contributed by atoms with van der Waals surface area (Å²) >= 11 is 0. The van der Waals surface area contributed by atoms with E-state index in [0.717, 1.165) is 7.11 Å². The Morgan fingerprint density at radius 1 is 0.974 bits per heavy atom. The largest absolute Gasteiger partial charge is 0.494 e. The Labute approximate surface area is 228 Å². The van der Waals surface area contributed by atoms with Gasteiger partial charge in [-0.1, -0.05) is 12.1 Å². The molecule has 1 aromatic carbocycles. The van der Waals surface area contributed by atoms with E-state index in [1.165, 1.54) is 25.9 Å². The van der Waals surface area contributed by atoms with Gasteiger partial charge >= 0.3 is 0 Å². The molecule has 14 heteroatoms. The summed E-state index contributed by atoms with van der Waals surface area (Å²) in [5, 5.41) is 14.6. The number of aromatic nitrogens is 6. The van der Waals surface area contributed by atoms with Crippen molar-refractivity contribution in [3.05, 3.63) is 60.2 Å².